The van der Waals surface area contributed by atoms with Gasteiger partial charge in [0.1, 0.15) is 4.88 Å². The lowest BCUT2D eigenvalue weighted by atomic mass is 10.2. The Labute approximate surface area is 126 Å². The fourth-order valence-corrected chi connectivity index (χ4v) is 2.56. The first-order chi connectivity index (χ1) is 10.2. The summed E-state index contributed by atoms with van der Waals surface area (Å²) in [7, 11) is 1.35. The summed E-state index contributed by atoms with van der Waals surface area (Å²) in [5, 5.41) is 14.7. The first-order valence-corrected chi connectivity index (χ1v) is 6.99. The number of hydrogen-bond donors (Lipinski definition) is 1. The lowest BCUT2D eigenvalue weighted by Crippen LogP contribution is -2.02. The number of rotatable bonds is 4. The number of anilines is 1. The van der Waals surface area contributed by atoms with Gasteiger partial charge in [-0.3, -0.25) is 5.43 Å². The topological polar surface area (TPSA) is 74.5 Å². The van der Waals surface area contributed by atoms with Crippen molar-refractivity contribution in [1.29, 1.82) is 5.26 Å². The van der Waals surface area contributed by atoms with Crippen molar-refractivity contribution < 1.29 is 9.53 Å². The first-order valence-electron chi connectivity index (χ1n) is 6.11. The Hall–Kier alpha value is -2.65. The van der Waals surface area contributed by atoms with Gasteiger partial charge in [0.15, 0.2) is 0 Å². The summed E-state index contributed by atoms with van der Waals surface area (Å²) in [6.45, 7) is 1.89. The summed E-state index contributed by atoms with van der Waals surface area (Å²) < 4.78 is 4.73. The fourth-order valence-electron chi connectivity index (χ4n) is 1.64. The second kappa shape index (κ2) is 6.68. The van der Waals surface area contributed by atoms with Gasteiger partial charge in [0, 0.05) is 0 Å². The van der Waals surface area contributed by atoms with Crippen LogP contribution in [0.1, 0.15) is 26.4 Å². The number of aryl methyl sites for hydroxylation is 1. The standard InChI is InChI=1S/C15H13N3O2S/c1-10-9-21-14(15(19)20-2)13(10)18-17-8-12-5-3-11(7-16)4-6-12/h3-6,8-9,18H,1-2H3/b17-8-. The normalized spacial score (nSPS) is 10.3. The molecule has 1 N–H and O–H groups in total. The number of hydrazone groups is 1. The zero-order valence-electron chi connectivity index (χ0n) is 11.6. The van der Waals surface area contributed by atoms with E-state index in [1.807, 2.05) is 12.3 Å². The zero-order valence-corrected chi connectivity index (χ0v) is 12.4. The summed E-state index contributed by atoms with van der Waals surface area (Å²) in [5.41, 5.74) is 5.90. The van der Waals surface area contributed by atoms with E-state index in [2.05, 4.69) is 16.6 Å². The molecule has 0 aliphatic rings. The van der Waals surface area contributed by atoms with Crippen molar-refractivity contribution in [1.82, 2.24) is 0 Å². The molecule has 2 rings (SSSR count). The van der Waals surface area contributed by atoms with Crippen LogP contribution in [0.4, 0.5) is 5.69 Å². The summed E-state index contributed by atoms with van der Waals surface area (Å²) >= 11 is 1.31. The Kier molecular flexibility index (Phi) is 4.69. The lowest BCUT2D eigenvalue weighted by Gasteiger charge is -2.03. The number of carbonyl (C=O) groups excluding carboxylic acids is 1. The van der Waals surface area contributed by atoms with Gasteiger partial charge in [0.25, 0.3) is 0 Å². The summed E-state index contributed by atoms with van der Waals surface area (Å²) in [6, 6.07) is 9.09. The molecule has 106 valence electrons. The van der Waals surface area contributed by atoms with Gasteiger partial charge in [-0.1, -0.05) is 12.1 Å². The van der Waals surface area contributed by atoms with Crippen LogP contribution in [0.15, 0.2) is 34.7 Å². The Morgan fingerprint density at radius 2 is 2.14 bits per heavy atom. The van der Waals surface area contributed by atoms with Crippen molar-refractivity contribution in [2.75, 3.05) is 12.5 Å². The highest BCUT2D eigenvalue weighted by molar-refractivity contribution is 7.12. The van der Waals surface area contributed by atoms with Crippen molar-refractivity contribution in [3.63, 3.8) is 0 Å². The van der Waals surface area contributed by atoms with E-state index in [-0.39, 0.29) is 5.97 Å². The third-order valence-electron chi connectivity index (χ3n) is 2.78. The molecule has 0 saturated carbocycles. The van der Waals surface area contributed by atoms with E-state index in [0.717, 1.165) is 11.1 Å². The van der Waals surface area contributed by atoms with Gasteiger partial charge in [0.05, 0.1) is 30.6 Å². The number of benzene rings is 1. The molecule has 0 amide bonds. The molecule has 0 fully saturated rings. The molecule has 5 nitrogen and oxygen atoms in total. The highest BCUT2D eigenvalue weighted by Gasteiger charge is 2.15. The van der Waals surface area contributed by atoms with Crippen LogP contribution < -0.4 is 5.43 Å². The molecule has 1 heterocycles. The number of methoxy groups -OCH3 is 1. The third kappa shape index (κ3) is 3.46. The molecule has 0 unspecified atom stereocenters. The molecule has 0 aliphatic carbocycles. The van der Waals surface area contributed by atoms with E-state index in [0.29, 0.717) is 16.1 Å². The van der Waals surface area contributed by atoms with Crippen LogP contribution in [0.25, 0.3) is 0 Å². The highest BCUT2D eigenvalue weighted by atomic mass is 32.1. The van der Waals surface area contributed by atoms with Crippen LogP contribution in [0.3, 0.4) is 0 Å². The molecule has 0 aliphatic heterocycles. The number of hydrogen-bond acceptors (Lipinski definition) is 6. The second-order valence-corrected chi connectivity index (χ2v) is 5.10. The molecular formula is C15H13N3O2S. The predicted molar refractivity (Wildman–Crippen MR) is 82.8 cm³/mol. The van der Waals surface area contributed by atoms with Crippen molar-refractivity contribution >= 4 is 29.2 Å². The molecule has 0 atom stereocenters. The van der Waals surface area contributed by atoms with E-state index in [4.69, 9.17) is 10.00 Å². The zero-order chi connectivity index (χ0) is 15.2. The summed E-state index contributed by atoms with van der Waals surface area (Å²) in [6.07, 6.45) is 1.62. The van der Waals surface area contributed by atoms with E-state index in [1.54, 1.807) is 30.5 Å². The van der Waals surface area contributed by atoms with Gasteiger partial charge in [0.2, 0.25) is 0 Å². The number of nitrogens with zero attached hydrogens (tertiary/aromatic N) is 2. The van der Waals surface area contributed by atoms with Crippen LogP contribution in [0.5, 0.6) is 0 Å². The second-order valence-electron chi connectivity index (χ2n) is 4.22. The third-order valence-corrected chi connectivity index (χ3v) is 3.85. The molecular weight excluding hydrogens is 286 g/mol. The first kappa shape index (κ1) is 14.8. The molecule has 0 bridgehead atoms. The van der Waals surface area contributed by atoms with Crippen molar-refractivity contribution in [3.05, 3.63) is 51.2 Å². The van der Waals surface area contributed by atoms with Crippen LogP contribution in [-0.4, -0.2) is 19.3 Å². The molecule has 1 aromatic heterocycles. The van der Waals surface area contributed by atoms with Gasteiger partial charge in [-0.15, -0.1) is 11.3 Å². The van der Waals surface area contributed by atoms with Crippen LogP contribution in [0, 0.1) is 18.3 Å². The van der Waals surface area contributed by atoms with Gasteiger partial charge >= 0.3 is 5.97 Å². The quantitative estimate of drug-likeness (QED) is 0.534. The molecule has 0 radical (unpaired) electrons. The maximum Gasteiger partial charge on any atom is 0.350 e. The molecule has 0 saturated heterocycles. The number of nitrogens with one attached hydrogen (secondary N) is 1. The van der Waals surface area contributed by atoms with Gasteiger partial charge in [-0.2, -0.15) is 10.4 Å². The Morgan fingerprint density at radius 1 is 1.43 bits per heavy atom. The lowest BCUT2D eigenvalue weighted by molar-refractivity contribution is 0.0607. The average molecular weight is 299 g/mol. The van der Waals surface area contributed by atoms with Crippen LogP contribution >= 0.6 is 11.3 Å². The minimum Gasteiger partial charge on any atom is -0.465 e. The number of ether oxygens (including phenoxy) is 1. The van der Waals surface area contributed by atoms with Gasteiger partial charge in [-0.05, 0) is 35.6 Å². The monoisotopic (exact) mass is 299 g/mol. The molecule has 1 aromatic carbocycles. The van der Waals surface area contributed by atoms with Crippen LogP contribution in [0.2, 0.25) is 0 Å². The predicted octanol–water partition coefficient (Wildman–Crippen LogP) is 3.16. The average Bonchev–Trinajstić information content (AvgIpc) is 2.88. The number of esters is 1. The smallest absolute Gasteiger partial charge is 0.350 e. The van der Waals surface area contributed by atoms with E-state index in [9.17, 15) is 4.79 Å². The molecule has 2 aromatic rings. The Balaban J connectivity index is 2.12. The number of nitriles is 1. The molecule has 0 spiro atoms. The molecule has 6 heteroatoms. The van der Waals surface area contributed by atoms with Gasteiger partial charge in [-0.25, -0.2) is 4.79 Å². The Bertz CT molecular complexity index is 712. The fraction of sp³-hybridized carbons (Fsp3) is 0.133. The van der Waals surface area contributed by atoms with Crippen molar-refractivity contribution in [3.8, 4) is 6.07 Å². The SMILES string of the molecule is COC(=O)c1scc(C)c1N/N=C\c1ccc(C#N)cc1. The van der Waals surface area contributed by atoms with Crippen molar-refractivity contribution in [2.24, 2.45) is 5.10 Å². The number of thiophene rings is 1. The number of carbonyl (C=O) groups is 1. The maximum atomic E-state index is 11.6. The highest BCUT2D eigenvalue weighted by Crippen LogP contribution is 2.28. The van der Waals surface area contributed by atoms with E-state index in [1.165, 1.54) is 18.4 Å². The largest absolute Gasteiger partial charge is 0.465 e. The maximum absolute atomic E-state index is 11.6. The van der Waals surface area contributed by atoms with Crippen molar-refractivity contribution in [2.45, 2.75) is 6.92 Å². The summed E-state index contributed by atoms with van der Waals surface area (Å²) in [4.78, 5) is 12.1. The summed E-state index contributed by atoms with van der Waals surface area (Å²) in [5.74, 6) is -0.385. The van der Waals surface area contributed by atoms with E-state index < -0.39 is 0 Å². The minimum absolute atomic E-state index is 0.385. The van der Waals surface area contributed by atoms with Gasteiger partial charge < -0.3 is 4.74 Å². The molecule has 21 heavy (non-hydrogen) atoms. The van der Waals surface area contributed by atoms with Crippen LogP contribution in [-0.2, 0) is 4.74 Å². The minimum atomic E-state index is -0.385. The van der Waals surface area contributed by atoms with E-state index >= 15 is 0 Å². The Morgan fingerprint density at radius 3 is 2.76 bits per heavy atom.